The number of allylic oxidation sites excluding steroid dienone is 1. The molecule has 1 heterocycles. The van der Waals surface area contributed by atoms with Crippen molar-refractivity contribution in [2.75, 3.05) is 17.2 Å². The number of carbonyl (C=O) groups excluding carboxylic acids is 2. The Morgan fingerprint density at radius 2 is 1.36 bits per heavy atom. The van der Waals surface area contributed by atoms with Crippen LogP contribution in [0, 0.1) is 17.5 Å². The third kappa shape index (κ3) is 4.50. The van der Waals surface area contributed by atoms with E-state index in [1.165, 1.54) is 36.4 Å². The summed E-state index contributed by atoms with van der Waals surface area (Å²) in [5.74, 6) is -4.34. The first-order valence-electron chi connectivity index (χ1n) is 9.79. The van der Waals surface area contributed by atoms with Crippen LogP contribution >= 0.6 is 0 Å². The number of aliphatic hydroxyl groups excluding tert-OH is 2. The van der Waals surface area contributed by atoms with Crippen LogP contribution in [0.25, 0.3) is 0 Å². The Kier molecular flexibility index (Phi) is 5.99. The number of anilines is 2. The van der Waals surface area contributed by atoms with Crippen molar-refractivity contribution in [3.05, 3.63) is 106 Å². The molecule has 0 saturated heterocycles. The Morgan fingerprint density at radius 1 is 0.758 bits per heavy atom. The molecule has 9 heteroatoms. The number of hydrogen-bond donors (Lipinski definition) is 4. The van der Waals surface area contributed by atoms with Gasteiger partial charge >= 0.3 is 0 Å². The normalized spacial score (nSPS) is 14.7. The summed E-state index contributed by atoms with van der Waals surface area (Å²) in [6.07, 6.45) is -1.15. The highest BCUT2D eigenvalue weighted by Crippen LogP contribution is 2.33. The summed E-state index contributed by atoms with van der Waals surface area (Å²) in [5.41, 5.74) is 0.226. The molecule has 3 aromatic carbocycles. The average Bonchev–Trinajstić information content (AvgIpc) is 3.20. The summed E-state index contributed by atoms with van der Waals surface area (Å²) in [6, 6.07) is 11.5. The van der Waals surface area contributed by atoms with Gasteiger partial charge in [0.05, 0.1) is 18.0 Å². The molecule has 0 spiro atoms. The van der Waals surface area contributed by atoms with Crippen molar-refractivity contribution in [2.24, 2.45) is 0 Å². The smallest absolute Gasteiger partial charge is 0.200 e. The molecule has 1 aliphatic heterocycles. The molecule has 1 atom stereocenters. The van der Waals surface area contributed by atoms with Crippen molar-refractivity contribution in [2.45, 2.75) is 6.10 Å². The maximum Gasteiger partial charge on any atom is 0.200 e. The number of hydrogen-bond acceptors (Lipinski definition) is 6. The average molecular weight is 454 g/mol. The van der Waals surface area contributed by atoms with Crippen LogP contribution in [-0.2, 0) is 0 Å². The molecule has 3 aromatic rings. The van der Waals surface area contributed by atoms with E-state index in [1.807, 2.05) is 0 Å². The molecule has 0 saturated carbocycles. The molecule has 0 aromatic heterocycles. The molecule has 4 N–H and O–H groups in total. The molecule has 1 unspecified atom stereocenters. The van der Waals surface area contributed by atoms with Crippen LogP contribution in [0.4, 0.5) is 24.5 Å². The topological polar surface area (TPSA) is 98.7 Å². The number of fused-ring (bicyclic) bond motifs is 1. The predicted molar refractivity (Wildman–Crippen MR) is 114 cm³/mol. The zero-order valence-electron chi connectivity index (χ0n) is 16.9. The summed E-state index contributed by atoms with van der Waals surface area (Å²) in [5, 5.41) is 24.4. The van der Waals surface area contributed by atoms with Crippen LogP contribution in [0.5, 0.6) is 0 Å². The molecule has 0 fully saturated rings. The fourth-order valence-electron chi connectivity index (χ4n) is 3.42. The summed E-state index contributed by atoms with van der Waals surface area (Å²) in [7, 11) is 0. The van der Waals surface area contributed by atoms with Gasteiger partial charge in [-0.1, -0.05) is 24.3 Å². The molecule has 1 aliphatic rings. The van der Waals surface area contributed by atoms with E-state index in [4.69, 9.17) is 5.11 Å². The van der Waals surface area contributed by atoms with Crippen molar-refractivity contribution < 1.29 is 33.0 Å². The number of rotatable bonds is 6. The first-order chi connectivity index (χ1) is 15.8. The van der Waals surface area contributed by atoms with Gasteiger partial charge in [0.25, 0.3) is 0 Å². The molecular formula is C24H17F3N2O4. The summed E-state index contributed by atoms with van der Waals surface area (Å²) < 4.78 is 41.1. The van der Waals surface area contributed by atoms with Crippen LogP contribution in [0.15, 0.2) is 72.1 Å². The fourth-order valence-corrected chi connectivity index (χ4v) is 3.42. The third-order valence-corrected chi connectivity index (χ3v) is 5.06. The first kappa shape index (κ1) is 22.3. The number of ketones is 2. The first-order valence-corrected chi connectivity index (χ1v) is 9.79. The third-order valence-electron chi connectivity index (χ3n) is 5.06. The lowest BCUT2D eigenvalue weighted by atomic mass is 9.94. The van der Waals surface area contributed by atoms with E-state index in [1.54, 1.807) is 0 Å². The Bertz CT molecular complexity index is 1270. The molecule has 6 nitrogen and oxygen atoms in total. The Labute approximate surface area is 186 Å². The van der Waals surface area contributed by atoms with Gasteiger partial charge in [-0.25, -0.2) is 13.2 Å². The van der Waals surface area contributed by atoms with Gasteiger partial charge in [0.15, 0.2) is 0 Å². The molecular weight excluding hydrogens is 437 g/mol. The van der Waals surface area contributed by atoms with Gasteiger partial charge < -0.3 is 20.8 Å². The second-order valence-corrected chi connectivity index (χ2v) is 7.33. The van der Waals surface area contributed by atoms with Crippen LogP contribution in [0.1, 0.15) is 32.4 Å². The molecule has 0 radical (unpaired) electrons. The second-order valence-electron chi connectivity index (χ2n) is 7.33. The number of nitrogens with one attached hydrogen (secondary N) is 2. The minimum absolute atomic E-state index is 0.0438. The van der Waals surface area contributed by atoms with Gasteiger partial charge in [-0.15, -0.1) is 0 Å². The molecule has 0 bridgehead atoms. The lowest BCUT2D eigenvalue weighted by Gasteiger charge is -2.12. The zero-order valence-corrected chi connectivity index (χ0v) is 16.9. The monoisotopic (exact) mass is 454 g/mol. The Balaban J connectivity index is 1.80. The number of carbonyl (C=O) groups is 2. The SMILES string of the molecule is O=C(/C(C(=O)c1cc(F)cc(F)c1)=C1\Nc2ccc(F)cc2N1)c1ccc(C(O)CO)cc1. The van der Waals surface area contributed by atoms with Crippen molar-refractivity contribution in [1.29, 1.82) is 0 Å². The minimum Gasteiger partial charge on any atom is -0.393 e. The highest BCUT2D eigenvalue weighted by molar-refractivity contribution is 6.32. The van der Waals surface area contributed by atoms with E-state index >= 15 is 0 Å². The fraction of sp³-hybridized carbons (Fsp3) is 0.0833. The number of benzene rings is 3. The largest absolute Gasteiger partial charge is 0.393 e. The van der Waals surface area contributed by atoms with E-state index in [-0.39, 0.29) is 22.6 Å². The maximum atomic E-state index is 13.8. The number of aliphatic hydroxyl groups is 2. The number of Topliss-reactive ketones (excluding diaryl/α,β-unsaturated/α-hetero) is 2. The van der Waals surface area contributed by atoms with Gasteiger partial charge in [-0.2, -0.15) is 0 Å². The van der Waals surface area contributed by atoms with Gasteiger partial charge in [-0.3, -0.25) is 9.59 Å². The molecule has 33 heavy (non-hydrogen) atoms. The molecule has 168 valence electrons. The van der Waals surface area contributed by atoms with E-state index in [2.05, 4.69) is 10.6 Å². The second kappa shape index (κ2) is 8.89. The zero-order chi connectivity index (χ0) is 23.7. The van der Waals surface area contributed by atoms with Gasteiger partial charge in [0.2, 0.25) is 11.6 Å². The van der Waals surface area contributed by atoms with Gasteiger partial charge in [0.1, 0.15) is 34.9 Å². The lowest BCUT2D eigenvalue weighted by molar-refractivity contribution is 0.0949. The number of halogens is 3. The van der Waals surface area contributed by atoms with Crippen molar-refractivity contribution in [3.63, 3.8) is 0 Å². The quantitative estimate of drug-likeness (QED) is 0.195. The summed E-state index contributed by atoms with van der Waals surface area (Å²) >= 11 is 0. The van der Waals surface area contributed by atoms with Gasteiger partial charge in [0, 0.05) is 17.2 Å². The van der Waals surface area contributed by atoms with Crippen molar-refractivity contribution in [3.8, 4) is 0 Å². The van der Waals surface area contributed by atoms with Crippen LogP contribution < -0.4 is 10.6 Å². The van der Waals surface area contributed by atoms with E-state index in [0.29, 0.717) is 17.3 Å². The maximum absolute atomic E-state index is 13.8. The highest BCUT2D eigenvalue weighted by atomic mass is 19.1. The van der Waals surface area contributed by atoms with Crippen LogP contribution in [0.3, 0.4) is 0 Å². The van der Waals surface area contributed by atoms with Crippen LogP contribution in [0.2, 0.25) is 0 Å². The standard InChI is InChI=1S/C24H17F3N2O4/c25-15-5-6-18-19(10-15)29-24(28-18)21(23(33)14-7-16(26)9-17(27)8-14)22(32)13-3-1-12(2-4-13)20(31)11-30/h1-10,20,28-31H,11H2/b24-21-. The highest BCUT2D eigenvalue weighted by Gasteiger charge is 2.30. The van der Waals surface area contributed by atoms with Crippen molar-refractivity contribution in [1.82, 2.24) is 0 Å². The molecule has 4 rings (SSSR count). The summed E-state index contributed by atoms with van der Waals surface area (Å²) in [4.78, 5) is 26.6. The van der Waals surface area contributed by atoms with E-state index in [9.17, 15) is 27.9 Å². The molecule has 0 amide bonds. The van der Waals surface area contributed by atoms with Crippen LogP contribution in [-0.4, -0.2) is 28.4 Å². The van der Waals surface area contributed by atoms with Gasteiger partial charge in [-0.05, 0) is 35.9 Å². The van der Waals surface area contributed by atoms with Crippen molar-refractivity contribution >= 4 is 22.9 Å². The Hall–Kier alpha value is -3.95. The molecule has 0 aliphatic carbocycles. The van der Waals surface area contributed by atoms with E-state index < -0.39 is 47.3 Å². The minimum atomic E-state index is -1.15. The van der Waals surface area contributed by atoms with E-state index in [0.717, 1.165) is 18.2 Å². The Morgan fingerprint density at radius 3 is 2.00 bits per heavy atom. The lowest BCUT2D eigenvalue weighted by Crippen LogP contribution is -2.21. The summed E-state index contributed by atoms with van der Waals surface area (Å²) in [6.45, 7) is -0.519. The predicted octanol–water partition coefficient (Wildman–Crippen LogP) is 3.94.